The zero-order chi connectivity index (χ0) is 13.3. The third-order valence-electron chi connectivity index (χ3n) is 2.26. The number of fused-ring (bicyclic) bond motifs is 1. The molecule has 0 radical (unpaired) electrons. The zero-order valence-corrected chi connectivity index (χ0v) is 11.9. The van der Waals surface area contributed by atoms with Crippen LogP contribution in [0.25, 0.3) is 0 Å². The van der Waals surface area contributed by atoms with Crippen LogP contribution in [-0.4, -0.2) is 12.4 Å². The molecule has 1 aliphatic heterocycles. The summed E-state index contributed by atoms with van der Waals surface area (Å²) in [6.45, 7) is 12.2. The number of hydrogen-bond donors (Lipinski definition) is 0. The summed E-state index contributed by atoms with van der Waals surface area (Å²) in [5, 5.41) is 0. The molecule has 2 nitrogen and oxygen atoms in total. The molecule has 0 N–H and O–H groups in total. The Balaban J connectivity index is 0.000000581. The maximum absolute atomic E-state index is 4.34. The fourth-order valence-corrected chi connectivity index (χ4v) is 1.34. The average molecular weight is 232 g/mol. The van der Waals surface area contributed by atoms with Crippen molar-refractivity contribution in [2.45, 2.75) is 48.0 Å². The number of aliphatic imine (C=N–C) groups is 2. The lowest BCUT2D eigenvalue weighted by Crippen LogP contribution is -1.79. The number of rotatable bonds is 0. The van der Waals surface area contributed by atoms with Crippen LogP contribution in [0.2, 0.25) is 0 Å². The van der Waals surface area contributed by atoms with Gasteiger partial charge in [0.15, 0.2) is 0 Å². The van der Waals surface area contributed by atoms with Crippen LogP contribution in [0.4, 0.5) is 11.4 Å². The van der Waals surface area contributed by atoms with Crippen molar-refractivity contribution < 1.29 is 0 Å². The molecule has 1 aliphatic rings. The van der Waals surface area contributed by atoms with E-state index in [4.69, 9.17) is 0 Å². The highest BCUT2D eigenvalue weighted by Crippen LogP contribution is 2.31. The lowest BCUT2D eigenvalue weighted by molar-refractivity contribution is 1.31. The predicted octanol–water partition coefficient (Wildman–Crippen LogP) is 5.16. The average Bonchev–Trinajstić information content (AvgIpc) is 2.60. The maximum atomic E-state index is 4.34. The van der Waals surface area contributed by atoms with Crippen molar-refractivity contribution >= 4 is 23.8 Å². The Kier molecular flexibility index (Phi) is 7.95. The van der Waals surface area contributed by atoms with E-state index in [1.165, 1.54) is 11.1 Å². The maximum Gasteiger partial charge on any atom is 0.0885 e. The Morgan fingerprint density at radius 2 is 1.12 bits per heavy atom. The fourth-order valence-electron chi connectivity index (χ4n) is 1.34. The van der Waals surface area contributed by atoms with Gasteiger partial charge in [-0.25, -0.2) is 0 Å². The van der Waals surface area contributed by atoms with E-state index in [0.29, 0.717) is 0 Å². The highest BCUT2D eigenvalue weighted by molar-refractivity contribution is 5.87. The summed E-state index contributed by atoms with van der Waals surface area (Å²) in [4.78, 5) is 8.68. The summed E-state index contributed by atoms with van der Waals surface area (Å²) in [7, 11) is 0. The predicted molar refractivity (Wildman–Crippen MR) is 79.5 cm³/mol. The van der Waals surface area contributed by atoms with Crippen LogP contribution in [0.15, 0.2) is 22.1 Å². The Bertz CT molecular complexity index is 353. The minimum Gasteiger partial charge on any atom is -0.259 e. The van der Waals surface area contributed by atoms with Crippen LogP contribution in [0.1, 0.15) is 45.2 Å². The Morgan fingerprint density at radius 1 is 0.765 bits per heavy atom. The lowest BCUT2D eigenvalue weighted by Gasteiger charge is -2.04. The van der Waals surface area contributed by atoms with Crippen molar-refractivity contribution in [3.8, 4) is 0 Å². The molecule has 1 heterocycles. The summed E-state index contributed by atoms with van der Waals surface area (Å²) < 4.78 is 0. The molecule has 0 fully saturated rings. The molecule has 17 heavy (non-hydrogen) atoms. The number of aryl methyl sites for hydroxylation is 2. The molecule has 0 unspecified atom stereocenters. The second-order valence-electron chi connectivity index (χ2n) is 3.28. The van der Waals surface area contributed by atoms with Gasteiger partial charge >= 0.3 is 0 Å². The van der Waals surface area contributed by atoms with Crippen LogP contribution in [0, 0.1) is 13.8 Å². The number of benzene rings is 1. The Hall–Kier alpha value is -1.44. The van der Waals surface area contributed by atoms with Crippen LogP contribution in [0.5, 0.6) is 0 Å². The van der Waals surface area contributed by atoms with E-state index in [1.54, 1.807) is 0 Å². The highest BCUT2D eigenvalue weighted by Gasteiger charge is 2.03. The van der Waals surface area contributed by atoms with Gasteiger partial charge in [-0.05, 0) is 37.1 Å². The molecule has 94 valence electrons. The smallest absolute Gasteiger partial charge is 0.0885 e. The number of nitrogens with zero attached hydrogens (tertiary/aromatic N) is 2. The molecular formula is C15H24N2. The van der Waals surface area contributed by atoms with E-state index in [9.17, 15) is 0 Å². The van der Waals surface area contributed by atoms with Crippen LogP contribution >= 0.6 is 0 Å². The molecule has 0 atom stereocenters. The quantitative estimate of drug-likeness (QED) is 0.590. The van der Waals surface area contributed by atoms with Gasteiger partial charge in [0.1, 0.15) is 0 Å². The third kappa shape index (κ3) is 4.51. The topological polar surface area (TPSA) is 24.7 Å². The van der Waals surface area contributed by atoms with Crippen LogP contribution < -0.4 is 0 Å². The minimum atomic E-state index is 0.826. The van der Waals surface area contributed by atoms with E-state index in [0.717, 1.165) is 17.8 Å². The molecule has 0 saturated carbocycles. The van der Waals surface area contributed by atoms with E-state index < -0.39 is 0 Å². The molecular weight excluding hydrogens is 208 g/mol. The first-order valence-electron chi connectivity index (χ1n) is 6.43. The Labute approximate surface area is 106 Å². The molecule has 0 bridgehead atoms. The summed E-state index contributed by atoms with van der Waals surface area (Å²) in [5.74, 6) is 0. The lowest BCUT2D eigenvalue weighted by atomic mass is 10.1. The van der Waals surface area contributed by atoms with Gasteiger partial charge in [-0.1, -0.05) is 27.7 Å². The van der Waals surface area contributed by atoms with Crippen molar-refractivity contribution in [1.82, 2.24) is 0 Å². The Morgan fingerprint density at radius 3 is 1.47 bits per heavy atom. The summed E-state index contributed by atoms with van der Waals surface area (Å²) in [6, 6.07) is 4.17. The zero-order valence-electron chi connectivity index (χ0n) is 11.9. The molecule has 1 aromatic carbocycles. The van der Waals surface area contributed by atoms with Crippen molar-refractivity contribution in [3.05, 3.63) is 23.3 Å². The van der Waals surface area contributed by atoms with Gasteiger partial charge < -0.3 is 0 Å². The molecule has 0 amide bonds. The van der Waals surface area contributed by atoms with Gasteiger partial charge in [-0.2, -0.15) is 0 Å². The van der Waals surface area contributed by atoms with Crippen molar-refractivity contribution in [1.29, 1.82) is 0 Å². The van der Waals surface area contributed by atoms with Crippen LogP contribution in [-0.2, 0) is 0 Å². The first kappa shape index (κ1) is 15.6. The highest BCUT2D eigenvalue weighted by atomic mass is 14.8. The summed E-state index contributed by atoms with van der Waals surface area (Å²) in [6.07, 6.45) is 4.61. The van der Waals surface area contributed by atoms with E-state index in [2.05, 4.69) is 36.0 Å². The molecule has 2 rings (SSSR count). The molecule has 0 spiro atoms. The van der Waals surface area contributed by atoms with Gasteiger partial charge in [0.2, 0.25) is 0 Å². The molecule has 0 aliphatic carbocycles. The largest absolute Gasteiger partial charge is 0.259 e. The molecule has 1 aromatic rings. The molecule has 0 saturated heterocycles. The number of hydrogen-bond acceptors (Lipinski definition) is 2. The minimum absolute atomic E-state index is 0.826. The van der Waals surface area contributed by atoms with Crippen LogP contribution in [0.3, 0.4) is 0 Å². The van der Waals surface area contributed by atoms with Crippen molar-refractivity contribution in [3.63, 3.8) is 0 Å². The summed E-state index contributed by atoms with van der Waals surface area (Å²) >= 11 is 0. The second kappa shape index (κ2) is 8.68. The fraction of sp³-hybridized carbons (Fsp3) is 0.467. The molecule has 0 aromatic heterocycles. The van der Waals surface area contributed by atoms with Gasteiger partial charge in [0.05, 0.1) is 11.4 Å². The SMILES string of the molecule is CC.CC.Cc1cc2c(cc1C)N=CCC=N2. The van der Waals surface area contributed by atoms with Gasteiger partial charge in [-0.15, -0.1) is 0 Å². The summed E-state index contributed by atoms with van der Waals surface area (Å²) in [5.41, 5.74) is 4.51. The van der Waals surface area contributed by atoms with Gasteiger partial charge in [-0.3, -0.25) is 9.98 Å². The van der Waals surface area contributed by atoms with Crippen molar-refractivity contribution in [2.24, 2.45) is 9.98 Å². The first-order valence-corrected chi connectivity index (χ1v) is 6.43. The van der Waals surface area contributed by atoms with Gasteiger partial charge in [0.25, 0.3) is 0 Å². The van der Waals surface area contributed by atoms with Gasteiger partial charge in [0, 0.05) is 18.9 Å². The monoisotopic (exact) mass is 232 g/mol. The van der Waals surface area contributed by atoms with Crippen molar-refractivity contribution in [2.75, 3.05) is 0 Å². The standard InChI is InChI=1S/C11H12N2.2C2H6/c1-8-6-10-11(7-9(8)2)13-5-3-4-12-10;2*1-2/h4-7H,3H2,1-2H3;2*1-2H3. The molecule has 2 heteroatoms. The van der Waals surface area contributed by atoms with E-state index >= 15 is 0 Å². The third-order valence-corrected chi connectivity index (χ3v) is 2.26. The normalized spacial score (nSPS) is 11.4. The van der Waals surface area contributed by atoms with E-state index in [-0.39, 0.29) is 0 Å². The first-order chi connectivity index (χ1) is 8.27. The second-order valence-corrected chi connectivity index (χ2v) is 3.28. The van der Waals surface area contributed by atoms with E-state index in [1.807, 2.05) is 40.1 Å².